The van der Waals surface area contributed by atoms with Crippen molar-refractivity contribution in [3.05, 3.63) is 27.7 Å². The number of aliphatic carboxylic acids is 1. The highest BCUT2D eigenvalue weighted by atomic mass is 79.9. The molecule has 1 atom stereocenters. The molecule has 0 bridgehead atoms. The predicted molar refractivity (Wildman–Crippen MR) is 80.0 cm³/mol. The zero-order chi connectivity index (χ0) is 15.0. The van der Waals surface area contributed by atoms with Crippen LogP contribution in [0.2, 0.25) is 5.02 Å². The van der Waals surface area contributed by atoms with Crippen LogP contribution < -0.4 is 0 Å². The smallest absolute Gasteiger partial charge is 0.305 e. The first kappa shape index (κ1) is 14.5. The van der Waals surface area contributed by atoms with E-state index in [0.717, 1.165) is 22.9 Å². The Morgan fingerprint density at radius 1 is 1.52 bits per heavy atom. The first-order valence-electron chi connectivity index (χ1n) is 6.51. The molecule has 0 spiro atoms. The number of carboxylic acid groups (broad SMARTS) is 1. The molecule has 1 heterocycles. The lowest BCUT2D eigenvalue weighted by Crippen LogP contribution is -2.18. The molecule has 1 N–H and O–H groups in total. The van der Waals surface area contributed by atoms with Crippen LogP contribution in [0.4, 0.5) is 0 Å². The Kier molecular flexibility index (Phi) is 3.95. The zero-order valence-corrected chi connectivity index (χ0v) is 13.3. The molecule has 2 aromatic rings. The van der Waals surface area contributed by atoms with Crippen molar-refractivity contribution in [3.8, 4) is 11.4 Å². The average molecular weight is 372 g/mol. The largest absolute Gasteiger partial charge is 0.481 e. The van der Waals surface area contributed by atoms with Crippen LogP contribution in [0.3, 0.4) is 0 Å². The van der Waals surface area contributed by atoms with Gasteiger partial charge in [0.05, 0.1) is 17.5 Å². The highest BCUT2D eigenvalue weighted by Gasteiger charge is 2.36. The minimum atomic E-state index is -0.845. The molecule has 0 aliphatic heterocycles. The Morgan fingerprint density at radius 3 is 2.90 bits per heavy atom. The quantitative estimate of drug-likeness (QED) is 0.873. The fraction of sp³-hybridized carbons (Fsp3) is 0.385. The Morgan fingerprint density at radius 2 is 2.29 bits per heavy atom. The van der Waals surface area contributed by atoms with E-state index in [1.807, 2.05) is 12.1 Å². The average Bonchev–Trinajstić information content (AvgIpc) is 3.16. The van der Waals surface area contributed by atoms with Gasteiger partial charge in [0.1, 0.15) is 0 Å². The fourth-order valence-corrected chi connectivity index (χ4v) is 2.78. The van der Waals surface area contributed by atoms with Crippen molar-refractivity contribution in [3.63, 3.8) is 0 Å². The number of hydrogen-bond donors (Lipinski definition) is 1. The van der Waals surface area contributed by atoms with Gasteiger partial charge in [0.2, 0.25) is 0 Å². The van der Waals surface area contributed by atoms with Crippen LogP contribution >= 0.6 is 27.5 Å². The molecule has 6 nitrogen and oxygen atoms in total. The molecule has 21 heavy (non-hydrogen) atoms. The van der Waals surface area contributed by atoms with Gasteiger partial charge in [0, 0.05) is 10.0 Å². The number of tetrazole rings is 1. The zero-order valence-electron chi connectivity index (χ0n) is 10.9. The van der Waals surface area contributed by atoms with Crippen molar-refractivity contribution >= 4 is 33.5 Å². The second-order valence-electron chi connectivity index (χ2n) is 5.08. The van der Waals surface area contributed by atoms with Crippen molar-refractivity contribution in [2.24, 2.45) is 5.92 Å². The molecule has 1 aromatic heterocycles. The Labute approximate surface area is 134 Å². The molecule has 3 rings (SSSR count). The van der Waals surface area contributed by atoms with E-state index in [0.29, 0.717) is 16.8 Å². The van der Waals surface area contributed by atoms with Crippen LogP contribution in [0.15, 0.2) is 22.7 Å². The van der Waals surface area contributed by atoms with Gasteiger partial charge in [-0.05, 0) is 63.3 Å². The van der Waals surface area contributed by atoms with Gasteiger partial charge in [-0.25, -0.2) is 4.68 Å². The number of aromatic nitrogens is 4. The van der Waals surface area contributed by atoms with Crippen molar-refractivity contribution in [1.29, 1.82) is 0 Å². The first-order chi connectivity index (χ1) is 10.1. The van der Waals surface area contributed by atoms with Crippen molar-refractivity contribution in [2.75, 3.05) is 0 Å². The molecule has 0 amide bonds. The van der Waals surface area contributed by atoms with Gasteiger partial charge in [-0.1, -0.05) is 11.6 Å². The van der Waals surface area contributed by atoms with E-state index in [1.165, 1.54) is 0 Å². The van der Waals surface area contributed by atoms with Crippen LogP contribution in [0, 0.1) is 5.92 Å². The lowest BCUT2D eigenvalue weighted by molar-refractivity contribution is -0.138. The third-order valence-corrected chi connectivity index (χ3v) is 4.77. The van der Waals surface area contributed by atoms with Gasteiger partial charge < -0.3 is 5.11 Å². The molecule has 1 aliphatic rings. The van der Waals surface area contributed by atoms with Crippen LogP contribution in [-0.2, 0) is 4.79 Å². The van der Waals surface area contributed by atoms with Crippen molar-refractivity contribution < 1.29 is 9.90 Å². The monoisotopic (exact) mass is 370 g/mol. The number of carboxylic acids is 1. The van der Waals surface area contributed by atoms with E-state index in [4.69, 9.17) is 16.7 Å². The fourth-order valence-electron chi connectivity index (χ4n) is 2.35. The van der Waals surface area contributed by atoms with Gasteiger partial charge in [0.25, 0.3) is 0 Å². The van der Waals surface area contributed by atoms with Crippen molar-refractivity contribution in [1.82, 2.24) is 20.2 Å². The van der Waals surface area contributed by atoms with Crippen LogP contribution in [0.1, 0.15) is 25.3 Å². The van der Waals surface area contributed by atoms with E-state index in [9.17, 15) is 4.79 Å². The molecular weight excluding hydrogens is 360 g/mol. The number of carbonyl (C=O) groups is 1. The minimum absolute atomic E-state index is 0.0208. The van der Waals surface area contributed by atoms with Gasteiger partial charge >= 0.3 is 5.97 Å². The number of hydrogen-bond acceptors (Lipinski definition) is 4. The summed E-state index contributed by atoms with van der Waals surface area (Å²) in [5.41, 5.74) is 0.768. The minimum Gasteiger partial charge on any atom is -0.481 e. The maximum Gasteiger partial charge on any atom is 0.305 e. The van der Waals surface area contributed by atoms with Gasteiger partial charge in [0.15, 0.2) is 5.82 Å². The number of halogens is 2. The highest BCUT2D eigenvalue weighted by molar-refractivity contribution is 9.10. The Hall–Kier alpha value is -1.47. The second kappa shape index (κ2) is 5.73. The summed E-state index contributed by atoms with van der Waals surface area (Å²) in [5, 5.41) is 21.4. The molecule has 0 radical (unpaired) electrons. The summed E-state index contributed by atoms with van der Waals surface area (Å²) in [5.74, 6) is 0.0269. The Bertz CT molecular complexity index is 687. The third-order valence-electron chi connectivity index (χ3n) is 3.53. The molecule has 1 aliphatic carbocycles. The second-order valence-corrected chi connectivity index (χ2v) is 6.34. The number of rotatable bonds is 5. The summed E-state index contributed by atoms with van der Waals surface area (Å²) in [6.07, 6.45) is 2.05. The van der Waals surface area contributed by atoms with Crippen molar-refractivity contribution in [2.45, 2.75) is 25.3 Å². The van der Waals surface area contributed by atoms with E-state index in [1.54, 1.807) is 10.7 Å². The molecule has 1 fully saturated rings. The third kappa shape index (κ3) is 3.08. The lowest BCUT2D eigenvalue weighted by atomic mass is 10.1. The summed E-state index contributed by atoms with van der Waals surface area (Å²) in [6.45, 7) is 0. The Balaban J connectivity index is 1.98. The summed E-state index contributed by atoms with van der Waals surface area (Å²) >= 11 is 9.44. The molecular formula is C13H12BrClN4O2. The standard InChI is InChI=1S/C13H12BrClN4O2/c14-9-4-3-8(5-10(9)15)13-16-17-18-19(13)11(6-12(20)21)7-1-2-7/h3-5,7,11H,1-2,6H2,(H,20,21). The molecule has 8 heteroatoms. The SMILES string of the molecule is O=C(O)CC(C1CC1)n1nnnc1-c1ccc(Br)c(Cl)c1. The van der Waals surface area contributed by atoms with E-state index in [2.05, 4.69) is 31.5 Å². The van der Waals surface area contributed by atoms with Gasteiger partial charge in [-0.3, -0.25) is 4.79 Å². The topological polar surface area (TPSA) is 80.9 Å². The maximum absolute atomic E-state index is 11.1. The molecule has 0 saturated heterocycles. The first-order valence-corrected chi connectivity index (χ1v) is 7.68. The van der Waals surface area contributed by atoms with E-state index >= 15 is 0 Å². The van der Waals surface area contributed by atoms with Gasteiger partial charge in [-0.2, -0.15) is 0 Å². The van der Waals surface area contributed by atoms with E-state index < -0.39 is 5.97 Å². The van der Waals surface area contributed by atoms with Crippen LogP contribution in [0.25, 0.3) is 11.4 Å². The number of nitrogens with zero attached hydrogens (tertiary/aromatic N) is 4. The lowest BCUT2D eigenvalue weighted by Gasteiger charge is -2.15. The molecule has 1 saturated carbocycles. The summed E-state index contributed by atoms with van der Waals surface area (Å²) in [4.78, 5) is 11.1. The normalized spacial score (nSPS) is 15.9. The summed E-state index contributed by atoms with van der Waals surface area (Å²) in [7, 11) is 0. The molecule has 1 unspecified atom stereocenters. The summed E-state index contributed by atoms with van der Waals surface area (Å²) in [6, 6.07) is 5.22. The summed E-state index contributed by atoms with van der Waals surface area (Å²) < 4.78 is 2.40. The van der Waals surface area contributed by atoms with Gasteiger partial charge in [-0.15, -0.1) is 5.10 Å². The van der Waals surface area contributed by atoms with Crippen LogP contribution in [-0.4, -0.2) is 31.3 Å². The number of benzene rings is 1. The molecule has 1 aromatic carbocycles. The van der Waals surface area contributed by atoms with Crippen LogP contribution in [0.5, 0.6) is 0 Å². The van der Waals surface area contributed by atoms with E-state index in [-0.39, 0.29) is 12.5 Å². The maximum atomic E-state index is 11.1. The predicted octanol–water partition coefficient (Wildman–Crippen LogP) is 3.18. The highest BCUT2D eigenvalue weighted by Crippen LogP contribution is 2.42. The molecule has 110 valence electrons.